The Labute approximate surface area is 124 Å². The number of H-pyrrole nitrogens is 1. The van der Waals surface area contributed by atoms with Crippen LogP contribution in [0.5, 0.6) is 0 Å². The van der Waals surface area contributed by atoms with Gasteiger partial charge in [-0.2, -0.15) is 0 Å². The molecule has 0 unspecified atom stereocenters. The molecule has 0 fully saturated rings. The average Bonchev–Trinajstić information content (AvgIpc) is 2.81. The molecule has 21 heavy (non-hydrogen) atoms. The van der Waals surface area contributed by atoms with Gasteiger partial charge in [-0.1, -0.05) is 18.2 Å². The molecule has 0 spiro atoms. The Kier molecular flexibility index (Phi) is 2.62. The molecule has 2 heterocycles. The third-order valence-electron chi connectivity index (χ3n) is 3.50. The third-order valence-corrected chi connectivity index (χ3v) is 3.78. The van der Waals surface area contributed by atoms with Crippen LogP contribution in [0.1, 0.15) is 0 Å². The second-order valence-corrected chi connectivity index (χ2v) is 5.17. The standard InChI is InChI=1S/C16H10FN3S/c17-11-6-7-13-12(9-11)19-16(21)20(13)14-5-1-3-10-4-2-8-18-15(10)14/h1-9H,(H,19,21). The second-order valence-electron chi connectivity index (χ2n) is 4.78. The van der Waals surface area contributed by atoms with Crippen LogP contribution in [0, 0.1) is 10.6 Å². The van der Waals surface area contributed by atoms with E-state index in [9.17, 15) is 4.39 Å². The van der Waals surface area contributed by atoms with Gasteiger partial charge in [-0.25, -0.2) is 4.39 Å². The number of benzene rings is 2. The van der Waals surface area contributed by atoms with Crippen LogP contribution in [0.4, 0.5) is 4.39 Å². The van der Waals surface area contributed by atoms with E-state index in [1.807, 2.05) is 34.9 Å². The SMILES string of the molecule is Fc1ccc2c(c1)[nH]c(=S)n2-c1cccc2cccnc12. The van der Waals surface area contributed by atoms with E-state index in [0.717, 1.165) is 22.1 Å². The molecule has 2 aromatic carbocycles. The zero-order valence-electron chi connectivity index (χ0n) is 10.9. The predicted molar refractivity (Wildman–Crippen MR) is 83.7 cm³/mol. The van der Waals surface area contributed by atoms with Crippen LogP contribution in [-0.4, -0.2) is 14.5 Å². The predicted octanol–water partition coefficient (Wildman–Crippen LogP) is 4.38. The number of halogens is 1. The second kappa shape index (κ2) is 4.49. The Bertz CT molecular complexity index is 1030. The number of fused-ring (bicyclic) bond motifs is 2. The molecular formula is C16H10FN3S. The van der Waals surface area contributed by atoms with Crippen molar-refractivity contribution in [3.05, 3.63) is 65.3 Å². The highest BCUT2D eigenvalue weighted by Crippen LogP contribution is 2.25. The summed E-state index contributed by atoms with van der Waals surface area (Å²) in [5, 5.41) is 1.04. The van der Waals surface area contributed by atoms with Gasteiger partial charge in [0.1, 0.15) is 5.82 Å². The van der Waals surface area contributed by atoms with Crippen LogP contribution in [0.25, 0.3) is 27.6 Å². The van der Waals surface area contributed by atoms with Crippen molar-refractivity contribution in [2.24, 2.45) is 0 Å². The summed E-state index contributed by atoms with van der Waals surface area (Å²) in [7, 11) is 0. The van der Waals surface area contributed by atoms with Crippen LogP contribution >= 0.6 is 12.2 Å². The van der Waals surface area contributed by atoms with E-state index in [4.69, 9.17) is 12.2 Å². The first-order chi connectivity index (χ1) is 10.2. The zero-order valence-corrected chi connectivity index (χ0v) is 11.7. The Hall–Kier alpha value is -2.53. The number of imidazole rings is 1. The highest BCUT2D eigenvalue weighted by molar-refractivity contribution is 7.71. The van der Waals surface area contributed by atoms with Crippen molar-refractivity contribution in [3.63, 3.8) is 0 Å². The van der Waals surface area contributed by atoms with Crippen LogP contribution in [0.15, 0.2) is 54.7 Å². The van der Waals surface area contributed by atoms with Gasteiger partial charge in [0.05, 0.1) is 22.2 Å². The van der Waals surface area contributed by atoms with E-state index in [1.54, 1.807) is 12.3 Å². The molecule has 1 N–H and O–H groups in total. The molecule has 3 nitrogen and oxygen atoms in total. The first kappa shape index (κ1) is 12.2. The Morgan fingerprint density at radius 3 is 2.86 bits per heavy atom. The molecule has 0 saturated heterocycles. The van der Waals surface area contributed by atoms with E-state index >= 15 is 0 Å². The molecule has 0 amide bonds. The quantitative estimate of drug-likeness (QED) is 0.529. The minimum Gasteiger partial charge on any atom is -0.330 e. The summed E-state index contributed by atoms with van der Waals surface area (Å²) in [5.74, 6) is -0.290. The van der Waals surface area contributed by atoms with Gasteiger partial charge in [0.15, 0.2) is 4.77 Å². The van der Waals surface area contributed by atoms with Crippen LogP contribution < -0.4 is 0 Å². The summed E-state index contributed by atoms with van der Waals surface area (Å²) >= 11 is 5.40. The summed E-state index contributed by atoms with van der Waals surface area (Å²) in [5.41, 5.74) is 3.25. The smallest absolute Gasteiger partial charge is 0.182 e. The van der Waals surface area contributed by atoms with Crippen LogP contribution in [-0.2, 0) is 0 Å². The fraction of sp³-hybridized carbons (Fsp3) is 0. The van der Waals surface area contributed by atoms with Crippen molar-refractivity contribution in [1.29, 1.82) is 0 Å². The highest BCUT2D eigenvalue weighted by atomic mass is 32.1. The van der Waals surface area contributed by atoms with Crippen molar-refractivity contribution in [2.75, 3.05) is 0 Å². The summed E-state index contributed by atoms with van der Waals surface area (Å²) in [6.07, 6.45) is 1.75. The van der Waals surface area contributed by atoms with Crippen molar-refractivity contribution in [2.45, 2.75) is 0 Å². The number of aromatic amines is 1. The lowest BCUT2D eigenvalue weighted by molar-refractivity contribution is 0.629. The van der Waals surface area contributed by atoms with E-state index in [0.29, 0.717) is 10.3 Å². The lowest BCUT2D eigenvalue weighted by Gasteiger charge is -2.07. The van der Waals surface area contributed by atoms with Gasteiger partial charge in [-0.05, 0) is 42.5 Å². The molecule has 0 saturated carbocycles. The molecular weight excluding hydrogens is 285 g/mol. The maximum Gasteiger partial charge on any atom is 0.182 e. The number of hydrogen-bond acceptors (Lipinski definition) is 2. The van der Waals surface area contributed by atoms with E-state index in [1.165, 1.54) is 12.1 Å². The summed E-state index contributed by atoms with van der Waals surface area (Å²) < 4.78 is 15.8. The fourth-order valence-electron chi connectivity index (χ4n) is 2.59. The van der Waals surface area contributed by atoms with E-state index in [2.05, 4.69) is 9.97 Å². The first-order valence-electron chi connectivity index (χ1n) is 6.48. The summed E-state index contributed by atoms with van der Waals surface area (Å²) in [6.45, 7) is 0. The Balaban J connectivity index is 2.14. The average molecular weight is 295 g/mol. The maximum absolute atomic E-state index is 13.4. The number of nitrogens with zero attached hydrogens (tertiary/aromatic N) is 2. The molecule has 102 valence electrons. The lowest BCUT2D eigenvalue weighted by atomic mass is 10.2. The first-order valence-corrected chi connectivity index (χ1v) is 6.89. The van der Waals surface area contributed by atoms with Crippen molar-refractivity contribution in [3.8, 4) is 5.69 Å². The normalized spacial score (nSPS) is 11.3. The minimum atomic E-state index is -0.290. The monoisotopic (exact) mass is 295 g/mol. The zero-order chi connectivity index (χ0) is 14.4. The summed E-state index contributed by atoms with van der Waals surface area (Å²) in [6, 6.07) is 14.4. The van der Waals surface area contributed by atoms with E-state index in [-0.39, 0.29) is 5.82 Å². The topological polar surface area (TPSA) is 33.6 Å². The molecule has 0 radical (unpaired) electrons. The largest absolute Gasteiger partial charge is 0.330 e. The molecule has 0 bridgehead atoms. The Morgan fingerprint density at radius 2 is 1.95 bits per heavy atom. The van der Waals surface area contributed by atoms with E-state index < -0.39 is 0 Å². The number of nitrogens with one attached hydrogen (secondary N) is 1. The third kappa shape index (κ3) is 1.86. The number of aromatic nitrogens is 3. The summed E-state index contributed by atoms with van der Waals surface area (Å²) in [4.78, 5) is 7.49. The molecule has 0 aliphatic heterocycles. The maximum atomic E-state index is 13.4. The van der Waals surface area contributed by atoms with Crippen LogP contribution in [0.3, 0.4) is 0 Å². The van der Waals surface area contributed by atoms with Crippen molar-refractivity contribution < 1.29 is 4.39 Å². The number of para-hydroxylation sites is 1. The Morgan fingerprint density at radius 1 is 1.10 bits per heavy atom. The van der Waals surface area contributed by atoms with Crippen molar-refractivity contribution in [1.82, 2.24) is 14.5 Å². The van der Waals surface area contributed by atoms with Gasteiger partial charge in [-0.3, -0.25) is 9.55 Å². The van der Waals surface area contributed by atoms with Crippen molar-refractivity contribution >= 4 is 34.2 Å². The lowest BCUT2D eigenvalue weighted by Crippen LogP contribution is -1.96. The van der Waals surface area contributed by atoms with Gasteiger partial charge < -0.3 is 4.98 Å². The number of hydrogen-bond donors (Lipinski definition) is 1. The van der Waals surface area contributed by atoms with Gasteiger partial charge >= 0.3 is 0 Å². The molecule has 0 aliphatic carbocycles. The number of rotatable bonds is 1. The fourth-order valence-corrected chi connectivity index (χ4v) is 2.90. The van der Waals surface area contributed by atoms with Gasteiger partial charge in [0.2, 0.25) is 0 Å². The van der Waals surface area contributed by atoms with Gasteiger partial charge in [-0.15, -0.1) is 0 Å². The molecule has 4 aromatic rings. The molecule has 2 aromatic heterocycles. The highest BCUT2D eigenvalue weighted by Gasteiger charge is 2.10. The molecule has 0 atom stereocenters. The van der Waals surface area contributed by atoms with Gasteiger partial charge in [0, 0.05) is 11.6 Å². The molecule has 0 aliphatic rings. The van der Waals surface area contributed by atoms with Gasteiger partial charge in [0.25, 0.3) is 0 Å². The van der Waals surface area contributed by atoms with Crippen LogP contribution in [0.2, 0.25) is 0 Å². The molecule has 5 heteroatoms. The number of pyridine rings is 1. The minimum absolute atomic E-state index is 0.290. The molecule has 4 rings (SSSR count).